The Bertz CT molecular complexity index is 831. The van der Waals surface area contributed by atoms with Crippen molar-refractivity contribution in [2.24, 2.45) is 5.92 Å². The number of nitrogens with zero attached hydrogens (tertiary/aromatic N) is 1. The number of carbonyl (C=O) groups excluding carboxylic acids is 3. The number of hydrogen-bond acceptors (Lipinski definition) is 4. The van der Waals surface area contributed by atoms with Crippen molar-refractivity contribution < 1.29 is 19.1 Å². The van der Waals surface area contributed by atoms with Crippen LogP contribution in [0.25, 0.3) is 0 Å². The van der Waals surface area contributed by atoms with Crippen molar-refractivity contribution in [1.82, 2.24) is 4.90 Å². The lowest BCUT2D eigenvalue weighted by Gasteiger charge is -2.30. The van der Waals surface area contributed by atoms with E-state index >= 15 is 0 Å². The molecule has 1 heterocycles. The number of benzene rings is 2. The average Bonchev–Trinajstić information content (AvgIpc) is 2.72. The largest absolute Gasteiger partial charge is 0.452 e. The molecule has 2 aromatic rings. The highest BCUT2D eigenvalue weighted by Gasteiger charge is 2.23. The SMILES string of the molecule is C[C@H]1CCCN(C(=O)COC(=O)c2ccccc2C(=O)c2ccccc2)C1. The molecule has 5 heteroatoms. The Labute approximate surface area is 158 Å². The monoisotopic (exact) mass is 365 g/mol. The molecule has 1 aliphatic heterocycles. The van der Waals surface area contributed by atoms with E-state index in [2.05, 4.69) is 6.92 Å². The third kappa shape index (κ3) is 4.61. The van der Waals surface area contributed by atoms with E-state index in [1.165, 1.54) is 0 Å². The third-order valence-electron chi connectivity index (χ3n) is 4.76. The van der Waals surface area contributed by atoms with Gasteiger partial charge in [-0.05, 0) is 24.8 Å². The van der Waals surface area contributed by atoms with Gasteiger partial charge in [-0.2, -0.15) is 0 Å². The quantitative estimate of drug-likeness (QED) is 0.602. The number of esters is 1. The van der Waals surface area contributed by atoms with E-state index in [-0.39, 0.29) is 29.4 Å². The van der Waals surface area contributed by atoms with Gasteiger partial charge in [-0.15, -0.1) is 0 Å². The molecule has 0 bridgehead atoms. The van der Waals surface area contributed by atoms with Crippen molar-refractivity contribution >= 4 is 17.7 Å². The maximum atomic E-state index is 12.7. The highest BCUT2D eigenvalue weighted by molar-refractivity contribution is 6.14. The van der Waals surface area contributed by atoms with E-state index < -0.39 is 5.97 Å². The molecule has 1 saturated heterocycles. The molecule has 0 radical (unpaired) electrons. The van der Waals surface area contributed by atoms with E-state index in [0.717, 1.165) is 12.8 Å². The number of rotatable bonds is 5. The van der Waals surface area contributed by atoms with Crippen LogP contribution in [0.2, 0.25) is 0 Å². The molecule has 0 N–H and O–H groups in total. The Hall–Kier alpha value is -2.95. The number of ketones is 1. The van der Waals surface area contributed by atoms with Crippen molar-refractivity contribution in [3.05, 3.63) is 71.3 Å². The van der Waals surface area contributed by atoms with Crippen LogP contribution in [0.15, 0.2) is 54.6 Å². The zero-order valence-corrected chi connectivity index (χ0v) is 15.4. The minimum atomic E-state index is -0.659. The van der Waals surface area contributed by atoms with Crippen LogP contribution in [0, 0.1) is 5.92 Å². The maximum absolute atomic E-state index is 12.7. The number of ether oxygens (including phenoxy) is 1. The molecule has 1 amide bonds. The molecule has 0 saturated carbocycles. The molecule has 2 aromatic carbocycles. The van der Waals surface area contributed by atoms with Gasteiger partial charge in [0, 0.05) is 24.2 Å². The molecule has 140 valence electrons. The van der Waals surface area contributed by atoms with E-state index in [1.807, 2.05) is 6.07 Å². The summed E-state index contributed by atoms with van der Waals surface area (Å²) in [5.74, 6) is -0.642. The van der Waals surface area contributed by atoms with Crippen molar-refractivity contribution in [2.45, 2.75) is 19.8 Å². The molecule has 1 aliphatic rings. The minimum Gasteiger partial charge on any atom is -0.452 e. The van der Waals surface area contributed by atoms with E-state index in [9.17, 15) is 14.4 Å². The second kappa shape index (κ2) is 8.62. The lowest BCUT2D eigenvalue weighted by molar-refractivity contribution is -0.136. The Morgan fingerprint density at radius 3 is 2.37 bits per heavy atom. The van der Waals surface area contributed by atoms with Gasteiger partial charge in [-0.1, -0.05) is 55.5 Å². The van der Waals surface area contributed by atoms with Crippen LogP contribution in [0.4, 0.5) is 0 Å². The van der Waals surface area contributed by atoms with Gasteiger partial charge >= 0.3 is 5.97 Å². The van der Waals surface area contributed by atoms with Crippen LogP contribution in [-0.2, 0) is 9.53 Å². The number of carbonyl (C=O) groups is 3. The number of likely N-dealkylation sites (tertiary alicyclic amines) is 1. The zero-order chi connectivity index (χ0) is 19.2. The highest BCUT2D eigenvalue weighted by Crippen LogP contribution is 2.17. The van der Waals surface area contributed by atoms with Gasteiger partial charge in [0.2, 0.25) is 0 Å². The van der Waals surface area contributed by atoms with Crippen LogP contribution in [0.5, 0.6) is 0 Å². The minimum absolute atomic E-state index is 0.172. The second-order valence-corrected chi connectivity index (χ2v) is 6.90. The summed E-state index contributed by atoms with van der Waals surface area (Å²) < 4.78 is 5.22. The molecule has 0 aliphatic carbocycles. The Balaban J connectivity index is 1.68. The van der Waals surface area contributed by atoms with Crippen LogP contribution >= 0.6 is 0 Å². The first-order valence-electron chi connectivity index (χ1n) is 9.20. The summed E-state index contributed by atoms with van der Waals surface area (Å²) in [6.07, 6.45) is 2.08. The van der Waals surface area contributed by atoms with Crippen molar-refractivity contribution in [3.8, 4) is 0 Å². The normalized spacial score (nSPS) is 16.6. The maximum Gasteiger partial charge on any atom is 0.339 e. The molecule has 3 rings (SSSR count). The number of amides is 1. The summed E-state index contributed by atoms with van der Waals surface area (Å²) >= 11 is 0. The fourth-order valence-corrected chi connectivity index (χ4v) is 3.32. The summed E-state index contributed by atoms with van der Waals surface area (Å²) in [5, 5.41) is 0. The summed E-state index contributed by atoms with van der Waals surface area (Å²) in [5.41, 5.74) is 0.940. The highest BCUT2D eigenvalue weighted by atomic mass is 16.5. The second-order valence-electron chi connectivity index (χ2n) is 6.90. The predicted octanol–water partition coefficient (Wildman–Crippen LogP) is 3.33. The molecular formula is C22H23NO4. The van der Waals surface area contributed by atoms with Gasteiger partial charge < -0.3 is 9.64 Å². The van der Waals surface area contributed by atoms with Crippen LogP contribution in [-0.4, -0.2) is 42.3 Å². The zero-order valence-electron chi connectivity index (χ0n) is 15.4. The van der Waals surface area contributed by atoms with E-state index in [1.54, 1.807) is 53.4 Å². The predicted molar refractivity (Wildman–Crippen MR) is 102 cm³/mol. The van der Waals surface area contributed by atoms with Crippen molar-refractivity contribution in [1.29, 1.82) is 0 Å². The summed E-state index contributed by atoms with van der Waals surface area (Å²) in [6.45, 7) is 3.19. The summed E-state index contributed by atoms with van der Waals surface area (Å²) in [6, 6.07) is 15.3. The number of hydrogen-bond donors (Lipinski definition) is 0. The Kier molecular flexibility index (Phi) is 6.01. The van der Waals surface area contributed by atoms with Gasteiger partial charge in [-0.25, -0.2) is 4.79 Å². The first-order chi connectivity index (χ1) is 13.1. The van der Waals surface area contributed by atoms with Crippen molar-refractivity contribution in [2.75, 3.05) is 19.7 Å². The van der Waals surface area contributed by atoms with Gasteiger partial charge in [0.15, 0.2) is 12.4 Å². The number of piperidine rings is 1. The molecule has 0 aromatic heterocycles. The molecule has 0 spiro atoms. The van der Waals surface area contributed by atoms with E-state index in [4.69, 9.17) is 4.74 Å². The fourth-order valence-electron chi connectivity index (χ4n) is 3.32. The molecule has 1 atom stereocenters. The lowest BCUT2D eigenvalue weighted by Crippen LogP contribution is -2.41. The van der Waals surface area contributed by atoms with E-state index in [0.29, 0.717) is 24.6 Å². The molecule has 1 fully saturated rings. The molecule has 0 unspecified atom stereocenters. The van der Waals surface area contributed by atoms with Gasteiger partial charge in [0.25, 0.3) is 5.91 Å². The smallest absolute Gasteiger partial charge is 0.339 e. The van der Waals surface area contributed by atoms with Crippen LogP contribution in [0.1, 0.15) is 46.0 Å². The standard InChI is InChI=1S/C22H23NO4/c1-16-8-7-13-23(14-16)20(24)15-27-22(26)19-12-6-5-11-18(19)21(25)17-9-3-2-4-10-17/h2-6,9-12,16H,7-8,13-15H2,1H3/t16-/m0/s1. The topological polar surface area (TPSA) is 63.7 Å². The first-order valence-corrected chi connectivity index (χ1v) is 9.20. The molecule has 27 heavy (non-hydrogen) atoms. The lowest BCUT2D eigenvalue weighted by atomic mass is 9.98. The summed E-state index contributed by atoms with van der Waals surface area (Å²) in [4.78, 5) is 39.3. The van der Waals surface area contributed by atoms with Crippen molar-refractivity contribution in [3.63, 3.8) is 0 Å². The average molecular weight is 365 g/mol. The van der Waals surface area contributed by atoms with Gasteiger partial charge in [0.05, 0.1) is 5.56 Å². The molecular weight excluding hydrogens is 342 g/mol. The fraction of sp³-hybridized carbons (Fsp3) is 0.318. The third-order valence-corrected chi connectivity index (χ3v) is 4.76. The molecule has 5 nitrogen and oxygen atoms in total. The Morgan fingerprint density at radius 1 is 1.00 bits per heavy atom. The Morgan fingerprint density at radius 2 is 1.67 bits per heavy atom. The van der Waals surface area contributed by atoms with Gasteiger partial charge in [-0.3, -0.25) is 9.59 Å². The summed E-state index contributed by atoms with van der Waals surface area (Å²) in [7, 11) is 0. The first kappa shape index (κ1) is 18.8. The van der Waals surface area contributed by atoms with Gasteiger partial charge in [0.1, 0.15) is 0 Å². The van der Waals surface area contributed by atoms with Crippen LogP contribution < -0.4 is 0 Å². The van der Waals surface area contributed by atoms with Crippen LogP contribution in [0.3, 0.4) is 0 Å².